The summed E-state index contributed by atoms with van der Waals surface area (Å²) in [6.45, 7) is 3.64. The van der Waals surface area contributed by atoms with Gasteiger partial charge in [0.1, 0.15) is 5.75 Å². The molecular weight excluding hydrogens is 424 g/mol. The standard InChI is InChI=1S/C25H28N2O4S/c1-19-9-11-22(12-10-19)26-25(28)18-27(16-15-21-7-5-4-6-8-21)32(29,30)23-13-14-24(31-3)20(2)17-23/h4-14,17H,15-16,18H2,1-3H3,(H,26,28). The number of carbonyl (C=O) groups is 1. The van der Waals surface area contributed by atoms with E-state index in [2.05, 4.69) is 5.32 Å². The molecule has 32 heavy (non-hydrogen) atoms. The van der Waals surface area contributed by atoms with Gasteiger partial charge >= 0.3 is 0 Å². The smallest absolute Gasteiger partial charge is 0.243 e. The minimum atomic E-state index is -3.90. The largest absolute Gasteiger partial charge is 0.496 e. The number of anilines is 1. The summed E-state index contributed by atoms with van der Waals surface area (Å²) in [5.41, 5.74) is 3.41. The lowest BCUT2D eigenvalue weighted by molar-refractivity contribution is -0.116. The van der Waals surface area contributed by atoms with E-state index < -0.39 is 15.9 Å². The van der Waals surface area contributed by atoms with Gasteiger partial charge in [0, 0.05) is 12.2 Å². The van der Waals surface area contributed by atoms with Crippen molar-refractivity contribution in [2.75, 3.05) is 25.5 Å². The van der Waals surface area contributed by atoms with Crippen molar-refractivity contribution < 1.29 is 17.9 Å². The molecule has 0 aliphatic carbocycles. The van der Waals surface area contributed by atoms with Crippen LogP contribution in [0.5, 0.6) is 5.75 Å². The zero-order valence-electron chi connectivity index (χ0n) is 18.5. The fraction of sp³-hybridized carbons (Fsp3) is 0.240. The molecule has 168 valence electrons. The number of sulfonamides is 1. The number of benzene rings is 3. The first-order valence-electron chi connectivity index (χ1n) is 10.3. The Balaban J connectivity index is 1.84. The number of nitrogens with zero attached hydrogens (tertiary/aromatic N) is 1. The van der Waals surface area contributed by atoms with E-state index in [0.717, 1.165) is 11.1 Å². The van der Waals surface area contributed by atoms with Crippen LogP contribution in [-0.2, 0) is 21.2 Å². The molecule has 0 fully saturated rings. The number of ether oxygens (including phenoxy) is 1. The first-order valence-corrected chi connectivity index (χ1v) is 11.8. The van der Waals surface area contributed by atoms with E-state index in [1.54, 1.807) is 31.2 Å². The number of hydrogen-bond acceptors (Lipinski definition) is 4. The maximum absolute atomic E-state index is 13.4. The van der Waals surface area contributed by atoms with Gasteiger partial charge in [-0.1, -0.05) is 48.0 Å². The third kappa shape index (κ3) is 5.96. The van der Waals surface area contributed by atoms with Crippen molar-refractivity contribution in [2.45, 2.75) is 25.2 Å². The number of hydrogen-bond donors (Lipinski definition) is 1. The summed E-state index contributed by atoms with van der Waals surface area (Å²) >= 11 is 0. The molecule has 0 heterocycles. The number of rotatable bonds is 9. The summed E-state index contributed by atoms with van der Waals surface area (Å²) in [6.07, 6.45) is 0.493. The molecule has 0 saturated carbocycles. The van der Waals surface area contributed by atoms with Crippen molar-refractivity contribution in [1.29, 1.82) is 0 Å². The highest BCUT2D eigenvalue weighted by molar-refractivity contribution is 7.89. The average molecular weight is 453 g/mol. The highest BCUT2D eigenvalue weighted by Gasteiger charge is 2.27. The van der Waals surface area contributed by atoms with E-state index >= 15 is 0 Å². The Kier molecular flexibility index (Phi) is 7.66. The second-order valence-electron chi connectivity index (χ2n) is 7.62. The van der Waals surface area contributed by atoms with Gasteiger partial charge in [0.05, 0.1) is 18.6 Å². The molecule has 0 unspecified atom stereocenters. The van der Waals surface area contributed by atoms with E-state index in [1.165, 1.54) is 17.5 Å². The van der Waals surface area contributed by atoms with E-state index in [0.29, 0.717) is 23.4 Å². The molecule has 0 atom stereocenters. The van der Waals surface area contributed by atoms with Crippen LogP contribution in [0.4, 0.5) is 5.69 Å². The van der Waals surface area contributed by atoms with Crippen molar-refractivity contribution in [1.82, 2.24) is 4.31 Å². The van der Waals surface area contributed by atoms with Crippen LogP contribution in [0.2, 0.25) is 0 Å². The maximum atomic E-state index is 13.4. The Morgan fingerprint density at radius 3 is 2.28 bits per heavy atom. The van der Waals surface area contributed by atoms with E-state index in [-0.39, 0.29) is 18.0 Å². The summed E-state index contributed by atoms with van der Waals surface area (Å²) in [6, 6.07) is 21.7. The van der Waals surface area contributed by atoms with Crippen molar-refractivity contribution >= 4 is 21.6 Å². The summed E-state index contributed by atoms with van der Waals surface area (Å²) < 4.78 is 33.4. The monoisotopic (exact) mass is 452 g/mol. The number of carbonyl (C=O) groups excluding carboxylic acids is 1. The van der Waals surface area contributed by atoms with Gasteiger partial charge in [0.25, 0.3) is 0 Å². The third-order valence-corrected chi connectivity index (χ3v) is 6.99. The normalized spacial score (nSPS) is 11.4. The van der Waals surface area contributed by atoms with Crippen molar-refractivity contribution in [2.24, 2.45) is 0 Å². The van der Waals surface area contributed by atoms with Crippen LogP contribution in [0.15, 0.2) is 77.7 Å². The molecule has 0 aliphatic heterocycles. The van der Waals surface area contributed by atoms with Gasteiger partial charge in [0.15, 0.2) is 0 Å². The summed E-state index contributed by atoms with van der Waals surface area (Å²) in [7, 11) is -2.36. The maximum Gasteiger partial charge on any atom is 0.243 e. The molecule has 3 rings (SSSR count). The Morgan fingerprint density at radius 2 is 1.66 bits per heavy atom. The van der Waals surface area contributed by atoms with E-state index in [1.807, 2.05) is 49.4 Å². The number of nitrogens with one attached hydrogen (secondary N) is 1. The zero-order chi connectivity index (χ0) is 23.1. The molecule has 3 aromatic carbocycles. The van der Waals surface area contributed by atoms with Crippen molar-refractivity contribution in [3.05, 3.63) is 89.5 Å². The Hall–Kier alpha value is -3.16. The first-order chi connectivity index (χ1) is 15.3. The van der Waals surface area contributed by atoms with Crippen LogP contribution >= 0.6 is 0 Å². The molecule has 7 heteroatoms. The van der Waals surface area contributed by atoms with E-state index in [4.69, 9.17) is 4.74 Å². The Bertz CT molecular complexity index is 1160. The minimum absolute atomic E-state index is 0.131. The highest BCUT2D eigenvalue weighted by Crippen LogP contribution is 2.24. The second-order valence-corrected chi connectivity index (χ2v) is 9.56. The lowest BCUT2D eigenvalue weighted by atomic mass is 10.1. The van der Waals surface area contributed by atoms with Gasteiger partial charge in [-0.15, -0.1) is 0 Å². The van der Waals surface area contributed by atoms with Crippen LogP contribution in [0.1, 0.15) is 16.7 Å². The Morgan fingerprint density at radius 1 is 0.969 bits per heavy atom. The van der Waals surface area contributed by atoms with Gasteiger partial charge in [-0.2, -0.15) is 4.31 Å². The molecule has 0 saturated heterocycles. The van der Waals surface area contributed by atoms with Crippen LogP contribution < -0.4 is 10.1 Å². The fourth-order valence-electron chi connectivity index (χ4n) is 3.34. The SMILES string of the molecule is COc1ccc(S(=O)(=O)N(CCc2ccccc2)CC(=O)Nc2ccc(C)cc2)cc1C. The molecule has 0 spiro atoms. The number of aryl methyl sites for hydroxylation is 2. The molecule has 0 radical (unpaired) electrons. The molecule has 1 amide bonds. The second kappa shape index (κ2) is 10.4. The predicted molar refractivity (Wildman–Crippen MR) is 126 cm³/mol. The first kappa shape index (κ1) is 23.5. The predicted octanol–water partition coefficient (Wildman–Crippen LogP) is 4.18. The summed E-state index contributed by atoms with van der Waals surface area (Å²) in [5, 5.41) is 2.79. The van der Waals surface area contributed by atoms with Crippen LogP contribution in [-0.4, -0.2) is 38.8 Å². The van der Waals surface area contributed by atoms with Gasteiger partial charge in [0.2, 0.25) is 15.9 Å². The zero-order valence-corrected chi connectivity index (χ0v) is 19.4. The van der Waals surface area contributed by atoms with Crippen LogP contribution in [0.25, 0.3) is 0 Å². The lowest BCUT2D eigenvalue weighted by Gasteiger charge is -2.22. The quantitative estimate of drug-likeness (QED) is 0.528. The average Bonchev–Trinajstić information content (AvgIpc) is 2.78. The highest BCUT2D eigenvalue weighted by atomic mass is 32.2. The van der Waals surface area contributed by atoms with Gasteiger partial charge in [-0.25, -0.2) is 8.42 Å². The molecule has 6 nitrogen and oxygen atoms in total. The summed E-state index contributed by atoms with van der Waals surface area (Å²) in [4.78, 5) is 12.9. The van der Waals surface area contributed by atoms with Crippen LogP contribution in [0.3, 0.4) is 0 Å². The molecule has 1 N–H and O–H groups in total. The van der Waals surface area contributed by atoms with Crippen molar-refractivity contribution in [3.8, 4) is 5.75 Å². The topological polar surface area (TPSA) is 75.7 Å². The van der Waals surface area contributed by atoms with Gasteiger partial charge in [-0.05, 0) is 61.7 Å². The lowest BCUT2D eigenvalue weighted by Crippen LogP contribution is -2.39. The fourth-order valence-corrected chi connectivity index (χ4v) is 4.82. The molecule has 0 aliphatic rings. The van der Waals surface area contributed by atoms with E-state index in [9.17, 15) is 13.2 Å². The van der Waals surface area contributed by atoms with Gasteiger partial charge in [-0.3, -0.25) is 4.79 Å². The molecule has 0 aromatic heterocycles. The molecular formula is C25H28N2O4S. The minimum Gasteiger partial charge on any atom is -0.496 e. The van der Waals surface area contributed by atoms with Crippen molar-refractivity contribution in [3.63, 3.8) is 0 Å². The third-order valence-electron chi connectivity index (χ3n) is 5.15. The van der Waals surface area contributed by atoms with Crippen LogP contribution in [0, 0.1) is 13.8 Å². The summed E-state index contributed by atoms with van der Waals surface area (Å²) in [5.74, 6) is 0.215. The number of methoxy groups -OCH3 is 1. The molecule has 3 aromatic rings. The van der Waals surface area contributed by atoms with Gasteiger partial charge < -0.3 is 10.1 Å². The Labute approximate surface area is 189 Å². The number of amides is 1. The molecule has 0 bridgehead atoms.